The monoisotopic (exact) mass is 256 g/mol. The Labute approximate surface area is 93.5 Å². The average molecular weight is 256 g/mol. The first-order valence-electron chi connectivity index (χ1n) is 4.04. The van der Waals surface area contributed by atoms with E-state index >= 15 is 0 Å². The lowest BCUT2D eigenvalue weighted by atomic mass is 10.3. The Bertz CT molecular complexity index is 379. The predicted octanol–water partition coefficient (Wildman–Crippen LogP) is 3.45. The molecule has 90 valence electrons. The smallest absolute Gasteiger partial charge is 0.446 e. The van der Waals surface area contributed by atoms with E-state index in [2.05, 4.69) is 4.74 Å². The molecule has 0 radical (unpaired) electrons. The molecule has 1 aromatic carbocycles. The molecule has 0 aliphatic carbocycles. The largest absolute Gasteiger partial charge is 0.497 e. The van der Waals surface area contributed by atoms with Crippen molar-refractivity contribution in [2.24, 2.45) is 0 Å². The lowest BCUT2D eigenvalue weighted by Crippen LogP contribution is -2.02. The molecule has 0 saturated carbocycles. The topological polar surface area (TPSA) is 18.5 Å². The molecule has 7 heteroatoms. The number of halogens is 4. The number of alkyl halides is 3. The summed E-state index contributed by atoms with van der Waals surface area (Å²) in [6.07, 6.45) is 0. The number of hydrogen-bond donors (Lipinski definition) is 0. The van der Waals surface area contributed by atoms with Gasteiger partial charge in [0, 0.05) is 6.07 Å². The summed E-state index contributed by atoms with van der Waals surface area (Å²) >= 11 is -0.549. The van der Waals surface area contributed by atoms with Crippen LogP contribution >= 0.6 is 11.8 Å². The molecule has 0 unspecified atom stereocenters. The normalized spacial score (nSPS) is 11.4. The highest BCUT2D eigenvalue weighted by molar-refractivity contribution is 8.00. The van der Waals surface area contributed by atoms with Gasteiger partial charge >= 0.3 is 5.51 Å². The van der Waals surface area contributed by atoms with E-state index in [-0.39, 0.29) is 11.5 Å². The van der Waals surface area contributed by atoms with Crippen LogP contribution in [0.25, 0.3) is 0 Å². The Kier molecular flexibility index (Phi) is 3.90. The van der Waals surface area contributed by atoms with E-state index in [0.29, 0.717) is 0 Å². The highest BCUT2D eigenvalue weighted by atomic mass is 32.2. The minimum absolute atomic E-state index is 0.102. The summed E-state index contributed by atoms with van der Waals surface area (Å²) in [6, 6.07) is 2.14. The van der Waals surface area contributed by atoms with Crippen molar-refractivity contribution in [3.8, 4) is 11.5 Å². The second kappa shape index (κ2) is 4.82. The number of rotatable bonds is 3. The van der Waals surface area contributed by atoms with Gasteiger partial charge in [0.1, 0.15) is 5.75 Å². The zero-order valence-corrected chi connectivity index (χ0v) is 9.21. The fourth-order valence-corrected chi connectivity index (χ4v) is 1.63. The first-order chi connectivity index (χ1) is 7.37. The molecule has 0 atom stereocenters. The van der Waals surface area contributed by atoms with Gasteiger partial charge in [0.15, 0.2) is 11.6 Å². The molecule has 0 fully saturated rings. The summed E-state index contributed by atoms with van der Waals surface area (Å²) in [6.45, 7) is 0. The zero-order valence-electron chi connectivity index (χ0n) is 8.39. The van der Waals surface area contributed by atoms with Crippen LogP contribution in [0.2, 0.25) is 0 Å². The zero-order chi connectivity index (χ0) is 12.3. The maximum Gasteiger partial charge on any atom is 0.446 e. The lowest BCUT2D eigenvalue weighted by molar-refractivity contribution is -0.0329. The van der Waals surface area contributed by atoms with Crippen molar-refractivity contribution in [3.63, 3.8) is 0 Å². The summed E-state index contributed by atoms with van der Waals surface area (Å²) in [5, 5.41) is 0. The molecule has 0 amide bonds. The van der Waals surface area contributed by atoms with E-state index in [9.17, 15) is 17.6 Å². The molecular weight excluding hydrogens is 248 g/mol. The Balaban J connectivity index is 3.16. The van der Waals surface area contributed by atoms with Crippen LogP contribution in [-0.2, 0) is 0 Å². The van der Waals surface area contributed by atoms with Gasteiger partial charge < -0.3 is 9.47 Å². The molecule has 0 aliphatic heterocycles. The number of hydrogen-bond acceptors (Lipinski definition) is 3. The molecular formula is C9H8F4O2S. The van der Waals surface area contributed by atoms with E-state index < -0.39 is 28.0 Å². The minimum atomic E-state index is -4.56. The SMILES string of the molecule is COc1cc(OC)c(F)c(SC(F)(F)F)c1. The minimum Gasteiger partial charge on any atom is -0.497 e. The maximum absolute atomic E-state index is 13.4. The number of thioether (sulfide) groups is 1. The highest BCUT2D eigenvalue weighted by Crippen LogP contribution is 2.42. The molecule has 2 nitrogen and oxygen atoms in total. The predicted molar refractivity (Wildman–Crippen MR) is 51.4 cm³/mol. The van der Waals surface area contributed by atoms with Gasteiger partial charge in [-0.25, -0.2) is 4.39 Å². The Morgan fingerprint density at radius 1 is 1.12 bits per heavy atom. The van der Waals surface area contributed by atoms with E-state index in [0.717, 1.165) is 6.07 Å². The van der Waals surface area contributed by atoms with Crippen molar-refractivity contribution >= 4 is 11.8 Å². The number of benzene rings is 1. The van der Waals surface area contributed by atoms with Crippen molar-refractivity contribution in [2.75, 3.05) is 14.2 Å². The van der Waals surface area contributed by atoms with Gasteiger partial charge in [-0.1, -0.05) is 0 Å². The summed E-state index contributed by atoms with van der Waals surface area (Å²) in [4.78, 5) is -0.580. The molecule has 1 rings (SSSR count). The van der Waals surface area contributed by atoms with Crippen LogP contribution in [0, 0.1) is 5.82 Å². The van der Waals surface area contributed by atoms with E-state index in [1.54, 1.807) is 0 Å². The molecule has 1 aromatic rings. The van der Waals surface area contributed by atoms with Gasteiger partial charge in [-0.15, -0.1) is 0 Å². The van der Waals surface area contributed by atoms with Gasteiger partial charge in [0.2, 0.25) is 0 Å². The molecule has 0 heterocycles. The highest BCUT2D eigenvalue weighted by Gasteiger charge is 2.32. The molecule has 0 saturated heterocycles. The van der Waals surface area contributed by atoms with Gasteiger partial charge in [0.25, 0.3) is 0 Å². The average Bonchev–Trinajstić information content (AvgIpc) is 2.19. The number of ether oxygens (including phenoxy) is 2. The Morgan fingerprint density at radius 3 is 2.19 bits per heavy atom. The van der Waals surface area contributed by atoms with Crippen LogP contribution < -0.4 is 9.47 Å². The van der Waals surface area contributed by atoms with E-state index in [4.69, 9.17) is 4.74 Å². The van der Waals surface area contributed by atoms with Crippen LogP contribution in [-0.4, -0.2) is 19.7 Å². The van der Waals surface area contributed by atoms with Gasteiger partial charge in [-0.2, -0.15) is 13.2 Å². The molecule has 0 N–H and O–H groups in total. The van der Waals surface area contributed by atoms with Crippen LogP contribution in [0.3, 0.4) is 0 Å². The van der Waals surface area contributed by atoms with Crippen LogP contribution in [0.4, 0.5) is 17.6 Å². The first-order valence-corrected chi connectivity index (χ1v) is 4.86. The Morgan fingerprint density at radius 2 is 1.75 bits per heavy atom. The molecule has 16 heavy (non-hydrogen) atoms. The molecule has 0 spiro atoms. The second-order valence-corrected chi connectivity index (χ2v) is 3.80. The lowest BCUT2D eigenvalue weighted by Gasteiger charge is -2.11. The quantitative estimate of drug-likeness (QED) is 0.609. The fourth-order valence-electron chi connectivity index (χ4n) is 1.01. The van der Waals surface area contributed by atoms with Gasteiger partial charge in [-0.05, 0) is 17.8 Å². The van der Waals surface area contributed by atoms with Crippen LogP contribution in [0.15, 0.2) is 17.0 Å². The summed E-state index contributed by atoms with van der Waals surface area (Å²) in [5.41, 5.74) is -4.56. The van der Waals surface area contributed by atoms with Crippen molar-refractivity contribution < 1.29 is 27.0 Å². The van der Waals surface area contributed by atoms with Crippen molar-refractivity contribution in [1.82, 2.24) is 0 Å². The van der Waals surface area contributed by atoms with E-state index in [1.807, 2.05) is 0 Å². The van der Waals surface area contributed by atoms with Crippen molar-refractivity contribution in [1.29, 1.82) is 0 Å². The van der Waals surface area contributed by atoms with Crippen LogP contribution in [0.1, 0.15) is 0 Å². The third kappa shape index (κ3) is 3.19. The first kappa shape index (κ1) is 13.0. The molecule has 0 aliphatic rings. The number of methoxy groups -OCH3 is 2. The molecule has 0 bridgehead atoms. The second-order valence-electron chi connectivity index (χ2n) is 2.69. The standard InChI is InChI=1S/C9H8F4O2S/c1-14-5-3-6(15-2)8(10)7(4-5)16-9(11,12)13/h3-4H,1-2H3. The van der Waals surface area contributed by atoms with Gasteiger partial charge in [-0.3, -0.25) is 0 Å². The fraction of sp³-hybridized carbons (Fsp3) is 0.333. The summed E-state index contributed by atoms with van der Waals surface area (Å²) in [7, 11) is 2.44. The summed E-state index contributed by atoms with van der Waals surface area (Å²) < 4.78 is 59.1. The Hall–Kier alpha value is -1.11. The van der Waals surface area contributed by atoms with Gasteiger partial charge in [0.05, 0.1) is 19.1 Å². The summed E-state index contributed by atoms with van der Waals surface area (Å²) in [5.74, 6) is -1.23. The third-order valence-corrected chi connectivity index (χ3v) is 2.41. The van der Waals surface area contributed by atoms with Crippen molar-refractivity contribution in [3.05, 3.63) is 17.9 Å². The molecule has 0 aromatic heterocycles. The van der Waals surface area contributed by atoms with E-state index in [1.165, 1.54) is 20.3 Å². The third-order valence-electron chi connectivity index (χ3n) is 1.66. The van der Waals surface area contributed by atoms with Crippen molar-refractivity contribution in [2.45, 2.75) is 10.4 Å². The van der Waals surface area contributed by atoms with Crippen LogP contribution in [0.5, 0.6) is 11.5 Å². The maximum atomic E-state index is 13.4.